The van der Waals surface area contributed by atoms with Gasteiger partial charge in [-0.3, -0.25) is 57.0 Å². The fraction of sp³-hybridized carbons (Fsp3) is 0.674. The molecule has 2 aromatic carbocycles. The lowest BCUT2D eigenvalue weighted by Crippen LogP contribution is -2.45. The van der Waals surface area contributed by atoms with Crippen molar-refractivity contribution in [3.63, 3.8) is 0 Å². The number of nitrogens with one attached hydrogen (secondary N) is 2. The second-order valence-corrected chi connectivity index (χ2v) is 34.7. The highest BCUT2D eigenvalue weighted by atomic mass is 16.5. The zero-order chi connectivity index (χ0) is 80.7. The fourth-order valence-electron chi connectivity index (χ4n) is 18.9. The van der Waals surface area contributed by atoms with Gasteiger partial charge in [0, 0.05) is 254 Å². The van der Waals surface area contributed by atoms with Gasteiger partial charge in [-0.25, -0.2) is 0 Å². The molecule has 632 valence electrons. The van der Waals surface area contributed by atoms with E-state index in [9.17, 15) is 39.0 Å². The minimum Gasteiger partial charge on any atom is -0.494 e. The molecule has 10 aliphatic heterocycles. The third kappa shape index (κ3) is 18.9. The molecule has 0 spiro atoms. The van der Waals surface area contributed by atoms with Crippen LogP contribution in [0.3, 0.4) is 0 Å². The average Bonchev–Trinajstić information content (AvgIpc) is 0.725. The van der Waals surface area contributed by atoms with Crippen LogP contribution < -0.4 is 54.7 Å². The summed E-state index contributed by atoms with van der Waals surface area (Å²) in [4.78, 5) is 127. The van der Waals surface area contributed by atoms with E-state index in [1.165, 1.54) is 18.3 Å². The lowest BCUT2D eigenvalue weighted by atomic mass is 9.89. The van der Waals surface area contributed by atoms with Crippen molar-refractivity contribution in [3.8, 4) is 34.0 Å². The van der Waals surface area contributed by atoms with Crippen molar-refractivity contribution in [2.24, 2.45) is 9.98 Å². The van der Waals surface area contributed by atoms with Crippen molar-refractivity contribution in [3.05, 3.63) is 97.1 Å². The highest BCUT2D eigenvalue weighted by Gasteiger charge is 2.34. The Morgan fingerprint density at radius 3 is 1.03 bits per heavy atom. The van der Waals surface area contributed by atoms with E-state index in [0.717, 1.165) is 248 Å². The largest absolute Gasteiger partial charge is 0.494 e. The van der Waals surface area contributed by atoms with Gasteiger partial charge in [-0.15, -0.1) is 0 Å². The molecular weight excluding hydrogens is 1470 g/mol. The molecule has 0 saturated carbocycles. The van der Waals surface area contributed by atoms with Crippen LogP contribution in [0.1, 0.15) is 64.2 Å². The van der Waals surface area contributed by atoms with Crippen LogP contribution in [0.2, 0.25) is 0 Å². The zero-order valence-electron chi connectivity index (χ0n) is 70.0. The molecule has 12 aliphatic rings. The molecule has 4 N–H and O–H groups in total. The average molecular weight is 1600 g/mol. The maximum absolute atomic E-state index is 14.8. The van der Waals surface area contributed by atoms with Gasteiger partial charge in [0.15, 0.2) is 0 Å². The number of pyridine rings is 4. The van der Waals surface area contributed by atoms with E-state index in [2.05, 4.69) is 112 Å². The topological polar surface area (TPSA) is 269 Å². The van der Waals surface area contributed by atoms with E-state index in [1.54, 1.807) is 18.2 Å². The Labute approximate surface area is 680 Å². The van der Waals surface area contributed by atoms with Crippen molar-refractivity contribution in [2.75, 3.05) is 289 Å². The standard InChI is InChI=1S/C46H72N12O4.C40H56N8O6/c1-49-17-25-53(26-18-49)11-5-9-47-37-33-35-40-39-36(44(60)57(45(61)41(37)39)15-7-13-55-29-21-51(3)22-30-55)34-38(48-10-6-12-54-27-19-50(2)20-28-54)42(40)46(62)58(43(35)59)16-8-14-56-31-23-52(4)24-32-56;1-43-13-17-45(18-14-43)11-5-9-41-31-23-29-34-33-30(38(50)47(39(51)35(31)33)25-27-7-3-21-53-27)24-32(42-10-6-12-46-19-15-44(2)16-20-46)36(34)40(52)48(37(29)49)26-28-8-4-22-54-28/h33-34,47,59H,5-32H2,1-4H3;23-24,27-28,41,49H,3-22,25-26H2,1-2H3. The van der Waals surface area contributed by atoms with Crippen LogP contribution in [-0.4, -0.2) is 378 Å². The zero-order valence-corrected chi connectivity index (χ0v) is 70.0. The fourth-order valence-corrected chi connectivity index (χ4v) is 18.9. The Morgan fingerprint density at radius 1 is 0.345 bits per heavy atom. The summed E-state index contributed by atoms with van der Waals surface area (Å²) in [5, 5.41) is 35.4. The molecule has 4 aromatic rings. The van der Waals surface area contributed by atoms with Crippen LogP contribution in [0.25, 0.3) is 65.3 Å². The molecule has 0 radical (unpaired) electrons. The van der Waals surface area contributed by atoms with Gasteiger partial charge in [0.2, 0.25) is 11.8 Å². The number of ether oxygens (including phenoxy) is 2. The number of nitrogens with zero attached hydrogens (tertiary/aromatic N) is 18. The van der Waals surface area contributed by atoms with E-state index in [0.29, 0.717) is 153 Å². The number of hydrogen-bond donors (Lipinski definition) is 4. The summed E-state index contributed by atoms with van der Waals surface area (Å²) in [6.07, 6.45) is 7.64. The van der Waals surface area contributed by atoms with Gasteiger partial charge in [-0.1, -0.05) is 0 Å². The van der Waals surface area contributed by atoms with Crippen molar-refractivity contribution in [1.29, 1.82) is 0 Å². The number of piperazine rings is 6. The maximum Gasteiger partial charge on any atom is 0.263 e. The van der Waals surface area contributed by atoms with Crippen LogP contribution in [0.5, 0.6) is 11.8 Å². The Balaban J connectivity index is 0.000000184. The van der Waals surface area contributed by atoms with Gasteiger partial charge in [-0.2, -0.15) is 0 Å². The van der Waals surface area contributed by atoms with Gasteiger partial charge < -0.3 is 89.1 Å². The molecule has 116 heavy (non-hydrogen) atoms. The first-order chi connectivity index (χ1) is 56.3. The van der Waals surface area contributed by atoms with Crippen molar-refractivity contribution in [1.82, 2.24) is 77.1 Å². The van der Waals surface area contributed by atoms with Crippen molar-refractivity contribution >= 4 is 54.5 Å². The molecule has 2 atom stereocenters. The molecule has 2 unspecified atom stereocenters. The molecule has 2 aliphatic carbocycles. The van der Waals surface area contributed by atoms with Gasteiger partial charge >= 0.3 is 0 Å². The monoisotopic (exact) mass is 1600 g/mol. The van der Waals surface area contributed by atoms with Gasteiger partial charge in [0.05, 0.1) is 68.7 Å². The first-order valence-corrected chi connectivity index (χ1v) is 43.7. The van der Waals surface area contributed by atoms with Crippen LogP contribution in [-0.2, 0) is 35.7 Å². The normalized spacial score (nSPS) is 21.8. The Bertz CT molecular complexity index is 5050. The first kappa shape index (κ1) is 83.7. The first-order valence-electron chi connectivity index (χ1n) is 43.7. The smallest absolute Gasteiger partial charge is 0.263 e. The summed E-state index contributed by atoms with van der Waals surface area (Å²) in [7, 11) is 12.9. The second kappa shape index (κ2) is 38.3. The molecule has 30 nitrogen and oxygen atoms in total. The lowest BCUT2D eigenvalue weighted by molar-refractivity contribution is 0.0942. The van der Waals surface area contributed by atoms with E-state index in [4.69, 9.17) is 19.5 Å². The van der Waals surface area contributed by atoms with Crippen LogP contribution in [0, 0.1) is 0 Å². The number of hydrogen-bond acceptors (Lipinski definition) is 26. The third-order valence-corrected chi connectivity index (χ3v) is 26.4. The Morgan fingerprint density at radius 2 is 0.655 bits per heavy atom. The van der Waals surface area contributed by atoms with Gasteiger partial charge in [0.25, 0.3) is 33.4 Å². The number of benzene rings is 4. The molecule has 2 aromatic heterocycles. The molecule has 16 rings (SSSR count). The minimum atomic E-state index is -0.421. The van der Waals surface area contributed by atoms with E-state index < -0.39 is 11.1 Å². The highest BCUT2D eigenvalue weighted by molar-refractivity contribution is 6.20. The van der Waals surface area contributed by atoms with E-state index in [1.807, 2.05) is 6.07 Å². The second-order valence-electron chi connectivity index (χ2n) is 34.7. The van der Waals surface area contributed by atoms with Crippen LogP contribution in [0.4, 0.5) is 11.4 Å². The summed E-state index contributed by atoms with van der Waals surface area (Å²) < 4.78 is 17.5. The molecule has 12 heterocycles. The van der Waals surface area contributed by atoms with Crippen LogP contribution in [0.15, 0.2) is 63.0 Å². The summed E-state index contributed by atoms with van der Waals surface area (Å²) in [5.74, 6) is -0.310. The predicted molar refractivity (Wildman–Crippen MR) is 461 cm³/mol. The predicted octanol–water partition coefficient (Wildman–Crippen LogP) is 1.53. The molecule has 0 amide bonds. The SMILES string of the molecule is CN1CCN(CCCN=c2cc3c(=O)n(CC4CCCO4)c(=O)c4c(NCCCN5CCN(C)CC5)cc5c(O)n(CC6CCCO6)c(=O)c2c5c4-3)CC1.CN1CCN(CCCN=c2cc3c(=O)n(CCCN4CCN(C)CC4)c(=O)c4c(NCCCN5CCN(C)CC5)cc5c(O)n(CCCN6CCN(C)CC6)c(=O)c2c5c4-3)CC1. The molecule has 8 saturated heterocycles. The minimum absolute atomic E-state index is 0.124. The summed E-state index contributed by atoms with van der Waals surface area (Å²) >= 11 is 0. The van der Waals surface area contributed by atoms with Gasteiger partial charge in [0.1, 0.15) is 0 Å². The molecular formula is C86H128N20O10. The van der Waals surface area contributed by atoms with Crippen molar-refractivity contribution < 1.29 is 19.7 Å². The van der Waals surface area contributed by atoms with E-state index >= 15 is 0 Å². The van der Waals surface area contributed by atoms with Gasteiger partial charge in [-0.05, 0) is 170 Å². The third-order valence-electron chi connectivity index (χ3n) is 26.4. The summed E-state index contributed by atoms with van der Waals surface area (Å²) in [5.41, 5.74) is 0.460. The number of likely N-dealkylation sites (N-methyl/N-ethyl adjacent to an activating group) is 6. The van der Waals surface area contributed by atoms with Crippen LogP contribution >= 0.6 is 0 Å². The number of aromatic hydroxyl groups is 2. The Hall–Kier alpha value is -7.40. The quantitative estimate of drug-likeness (QED) is 0.0367. The lowest BCUT2D eigenvalue weighted by Gasteiger charge is -2.32. The van der Waals surface area contributed by atoms with Crippen molar-refractivity contribution in [2.45, 2.75) is 103 Å². The molecule has 8 fully saturated rings. The molecule has 30 heteroatoms. The maximum atomic E-state index is 14.8. The number of rotatable bonds is 30. The van der Waals surface area contributed by atoms with E-state index in [-0.39, 0.29) is 59.3 Å². The highest BCUT2D eigenvalue weighted by Crippen LogP contribution is 2.43. The summed E-state index contributed by atoms with van der Waals surface area (Å²) in [6, 6.07) is 7.17. The number of anilines is 2. The Kier molecular flexibility index (Phi) is 27.6. The molecule has 0 bridgehead atoms. The number of aromatic nitrogens is 4. The summed E-state index contributed by atoms with van der Waals surface area (Å²) in [6.45, 7) is 34.1.